The van der Waals surface area contributed by atoms with E-state index in [1.54, 1.807) is 25.1 Å². The Morgan fingerprint density at radius 2 is 1.82 bits per heavy atom. The lowest BCUT2D eigenvalue weighted by molar-refractivity contribution is 0.355. The fourth-order valence-electron chi connectivity index (χ4n) is 3.24. The summed E-state index contributed by atoms with van der Waals surface area (Å²) in [7, 11) is 3.21. The first-order valence-electron chi connectivity index (χ1n) is 8.94. The van der Waals surface area contributed by atoms with Crippen molar-refractivity contribution in [1.29, 1.82) is 0 Å². The third-order valence-electron chi connectivity index (χ3n) is 4.74. The SMILES string of the molecule is COc1ccc(-c2csc3ncn(CCc4ccccc4)c(=O)c23)cc1OC. The summed E-state index contributed by atoms with van der Waals surface area (Å²) in [6.07, 6.45) is 2.42. The summed E-state index contributed by atoms with van der Waals surface area (Å²) in [6, 6.07) is 15.8. The fourth-order valence-corrected chi connectivity index (χ4v) is 4.14. The molecule has 0 atom stereocenters. The highest BCUT2D eigenvalue weighted by Crippen LogP contribution is 2.36. The number of ether oxygens (including phenoxy) is 2. The summed E-state index contributed by atoms with van der Waals surface area (Å²) in [6.45, 7) is 0.590. The van der Waals surface area contributed by atoms with Gasteiger partial charge in [-0.2, -0.15) is 0 Å². The third-order valence-corrected chi connectivity index (χ3v) is 5.63. The Labute approximate surface area is 166 Å². The van der Waals surface area contributed by atoms with Crippen LogP contribution < -0.4 is 15.0 Å². The van der Waals surface area contributed by atoms with Crippen LogP contribution in [0.2, 0.25) is 0 Å². The second-order valence-electron chi connectivity index (χ2n) is 6.38. The molecular formula is C22H20N2O3S. The largest absolute Gasteiger partial charge is 0.493 e. The van der Waals surface area contributed by atoms with E-state index in [0.29, 0.717) is 23.4 Å². The van der Waals surface area contributed by atoms with Crippen LogP contribution in [0.3, 0.4) is 0 Å². The maximum Gasteiger partial charge on any atom is 0.262 e. The van der Waals surface area contributed by atoms with Crippen LogP contribution in [-0.4, -0.2) is 23.8 Å². The Kier molecular flexibility index (Phi) is 5.12. The molecule has 0 aliphatic heterocycles. The van der Waals surface area contributed by atoms with Gasteiger partial charge in [0, 0.05) is 17.5 Å². The van der Waals surface area contributed by atoms with Gasteiger partial charge in [0.25, 0.3) is 5.56 Å². The van der Waals surface area contributed by atoms with Crippen molar-refractivity contribution < 1.29 is 9.47 Å². The normalized spacial score (nSPS) is 10.9. The number of methoxy groups -OCH3 is 2. The fraction of sp³-hybridized carbons (Fsp3) is 0.182. The molecule has 2 aromatic carbocycles. The van der Waals surface area contributed by atoms with Crippen molar-refractivity contribution in [1.82, 2.24) is 9.55 Å². The van der Waals surface area contributed by atoms with Crippen molar-refractivity contribution in [3.05, 3.63) is 76.2 Å². The molecule has 0 saturated heterocycles. The first-order valence-corrected chi connectivity index (χ1v) is 9.82. The standard InChI is InChI=1S/C22H20N2O3S/c1-26-18-9-8-16(12-19(18)27-2)17-13-28-21-20(17)22(25)24(14-23-21)11-10-15-6-4-3-5-7-15/h3-9,12-14H,10-11H2,1-2H3. The van der Waals surface area contributed by atoms with Crippen molar-refractivity contribution in [2.45, 2.75) is 13.0 Å². The lowest BCUT2D eigenvalue weighted by Gasteiger charge is -2.10. The maximum atomic E-state index is 13.2. The van der Waals surface area contributed by atoms with Crippen LogP contribution in [0.25, 0.3) is 21.3 Å². The highest BCUT2D eigenvalue weighted by Gasteiger charge is 2.15. The molecule has 142 valence electrons. The van der Waals surface area contributed by atoms with Crippen molar-refractivity contribution in [2.24, 2.45) is 0 Å². The van der Waals surface area contributed by atoms with Gasteiger partial charge in [-0.15, -0.1) is 11.3 Å². The Morgan fingerprint density at radius 1 is 1.04 bits per heavy atom. The molecule has 2 aromatic heterocycles. The van der Waals surface area contributed by atoms with Crippen LogP contribution in [0, 0.1) is 0 Å². The van der Waals surface area contributed by atoms with E-state index in [1.165, 1.54) is 16.9 Å². The number of aryl methyl sites for hydroxylation is 2. The Balaban J connectivity index is 1.74. The molecule has 6 heteroatoms. The molecular weight excluding hydrogens is 372 g/mol. The molecule has 5 nitrogen and oxygen atoms in total. The molecule has 28 heavy (non-hydrogen) atoms. The number of benzene rings is 2. The lowest BCUT2D eigenvalue weighted by Crippen LogP contribution is -2.21. The zero-order valence-electron chi connectivity index (χ0n) is 15.7. The molecule has 4 rings (SSSR count). The van der Waals surface area contributed by atoms with Crippen LogP contribution >= 0.6 is 11.3 Å². The summed E-state index contributed by atoms with van der Waals surface area (Å²) >= 11 is 1.47. The van der Waals surface area contributed by atoms with Gasteiger partial charge in [-0.3, -0.25) is 9.36 Å². The van der Waals surface area contributed by atoms with E-state index in [0.717, 1.165) is 22.4 Å². The minimum atomic E-state index is -0.0213. The maximum absolute atomic E-state index is 13.2. The molecule has 0 bridgehead atoms. The minimum Gasteiger partial charge on any atom is -0.493 e. The van der Waals surface area contributed by atoms with Gasteiger partial charge in [0.05, 0.1) is 25.9 Å². The monoisotopic (exact) mass is 392 g/mol. The van der Waals surface area contributed by atoms with E-state index in [2.05, 4.69) is 17.1 Å². The number of hydrogen-bond acceptors (Lipinski definition) is 5. The molecule has 0 fully saturated rings. The smallest absolute Gasteiger partial charge is 0.262 e. The second kappa shape index (κ2) is 7.86. The molecule has 0 saturated carbocycles. The second-order valence-corrected chi connectivity index (χ2v) is 7.24. The molecule has 0 spiro atoms. The van der Waals surface area contributed by atoms with Gasteiger partial charge in [-0.1, -0.05) is 36.4 Å². The number of aromatic nitrogens is 2. The average Bonchev–Trinajstić information content (AvgIpc) is 3.18. The highest BCUT2D eigenvalue weighted by atomic mass is 32.1. The summed E-state index contributed by atoms with van der Waals surface area (Å²) in [5.74, 6) is 1.29. The van der Waals surface area contributed by atoms with E-state index in [1.807, 2.05) is 41.8 Å². The average molecular weight is 392 g/mol. The molecule has 0 aliphatic carbocycles. The third kappa shape index (κ3) is 3.39. The molecule has 4 aromatic rings. The number of nitrogens with zero attached hydrogens (tertiary/aromatic N) is 2. The predicted molar refractivity (Wildman–Crippen MR) is 113 cm³/mol. The first-order chi connectivity index (χ1) is 13.7. The lowest BCUT2D eigenvalue weighted by atomic mass is 10.1. The van der Waals surface area contributed by atoms with Gasteiger partial charge >= 0.3 is 0 Å². The van der Waals surface area contributed by atoms with Gasteiger partial charge in [0.1, 0.15) is 4.83 Å². The van der Waals surface area contributed by atoms with E-state index >= 15 is 0 Å². The van der Waals surface area contributed by atoms with Crippen molar-refractivity contribution in [2.75, 3.05) is 14.2 Å². The topological polar surface area (TPSA) is 53.4 Å². The summed E-state index contributed by atoms with van der Waals surface area (Å²) < 4.78 is 12.4. The zero-order chi connectivity index (χ0) is 19.5. The summed E-state index contributed by atoms with van der Waals surface area (Å²) in [4.78, 5) is 18.4. The van der Waals surface area contributed by atoms with Crippen LogP contribution in [0.1, 0.15) is 5.56 Å². The van der Waals surface area contributed by atoms with Crippen LogP contribution in [0.15, 0.2) is 65.0 Å². The van der Waals surface area contributed by atoms with E-state index < -0.39 is 0 Å². The van der Waals surface area contributed by atoms with Gasteiger partial charge in [0.15, 0.2) is 11.5 Å². The summed E-state index contributed by atoms with van der Waals surface area (Å²) in [5, 5.41) is 2.62. The number of hydrogen-bond donors (Lipinski definition) is 0. The Hall–Kier alpha value is -3.12. The van der Waals surface area contributed by atoms with Crippen molar-refractivity contribution >= 4 is 21.6 Å². The van der Waals surface area contributed by atoms with E-state index in [9.17, 15) is 4.79 Å². The van der Waals surface area contributed by atoms with Gasteiger partial charge in [-0.25, -0.2) is 4.98 Å². The van der Waals surface area contributed by atoms with Crippen molar-refractivity contribution in [3.8, 4) is 22.6 Å². The molecule has 0 amide bonds. The molecule has 0 N–H and O–H groups in total. The molecule has 2 heterocycles. The van der Waals surface area contributed by atoms with E-state index in [-0.39, 0.29) is 5.56 Å². The molecule has 0 radical (unpaired) electrons. The predicted octanol–water partition coefficient (Wildman–Crippen LogP) is 4.38. The highest BCUT2D eigenvalue weighted by molar-refractivity contribution is 7.17. The van der Waals surface area contributed by atoms with Gasteiger partial charge in [-0.05, 0) is 29.7 Å². The Bertz CT molecular complexity index is 1170. The van der Waals surface area contributed by atoms with Gasteiger partial charge in [0.2, 0.25) is 0 Å². The number of thiophene rings is 1. The van der Waals surface area contributed by atoms with Crippen LogP contribution in [-0.2, 0) is 13.0 Å². The van der Waals surface area contributed by atoms with Crippen molar-refractivity contribution in [3.63, 3.8) is 0 Å². The quantitative estimate of drug-likeness (QED) is 0.488. The zero-order valence-corrected chi connectivity index (χ0v) is 16.5. The number of fused-ring (bicyclic) bond motifs is 1. The summed E-state index contributed by atoms with van der Waals surface area (Å²) in [5.41, 5.74) is 2.95. The first kappa shape index (κ1) is 18.3. The van der Waals surface area contributed by atoms with Gasteiger partial charge < -0.3 is 9.47 Å². The van der Waals surface area contributed by atoms with Crippen LogP contribution in [0.4, 0.5) is 0 Å². The minimum absolute atomic E-state index is 0.0213. The van der Waals surface area contributed by atoms with Crippen LogP contribution in [0.5, 0.6) is 11.5 Å². The molecule has 0 unspecified atom stereocenters. The Morgan fingerprint density at radius 3 is 2.57 bits per heavy atom. The number of rotatable bonds is 6. The van der Waals surface area contributed by atoms with E-state index in [4.69, 9.17) is 9.47 Å². The molecule has 0 aliphatic rings.